The van der Waals surface area contributed by atoms with Crippen LogP contribution in [0.15, 0.2) is 55.0 Å². The van der Waals surface area contributed by atoms with Crippen LogP contribution in [0.25, 0.3) is 10.9 Å². The number of hydrogen-bond donors (Lipinski definition) is 2. The maximum Gasteiger partial charge on any atom is 0.416 e. The number of aromatic amines is 1. The van der Waals surface area contributed by atoms with E-state index in [-0.39, 0.29) is 17.1 Å². The van der Waals surface area contributed by atoms with Crippen molar-refractivity contribution in [3.8, 4) is 0 Å². The molecule has 4 aromatic rings. The first kappa shape index (κ1) is 20.0. The van der Waals surface area contributed by atoms with Crippen LogP contribution in [0, 0.1) is 5.82 Å². The number of nitrogens with one attached hydrogen (secondary N) is 2. The Morgan fingerprint density at radius 2 is 1.93 bits per heavy atom. The van der Waals surface area contributed by atoms with Crippen molar-refractivity contribution < 1.29 is 22.4 Å². The topological polar surface area (TPSA) is 62.7 Å². The first-order valence-corrected chi connectivity index (χ1v) is 9.04. The molecular formula is C20H13ClF4N4O. The molecule has 1 amide bonds. The van der Waals surface area contributed by atoms with Gasteiger partial charge in [0.25, 0.3) is 5.91 Å². The minimum Gasteiger partial charge on any atom is -0.359 e. The van der Waals surface area contributed by atoms with E-state index < -0.39 is 23.5 Å². The summed E-state index contributed by atoms with van der Waals surface area (Å²) in [5.41, 5.74) is 1.05. The van der Waals surface area contributed by atoms with Gasteiger partial charge in [-0.25, -0.2) is 4.39 Å². The van der Waals surface area contributed by atoms with Crippen LogP contribution in [-0.2, 0) is 12.7 Å². The first-order chi connectivity index (χ1) is 14.2. The van der Waals surface area contributed by atoms with Gasteiger partial charge in [0.2, 0.25) is 0 Å². The molecule has 154 valence electrons. The number of rotatable bonds is 4. The van der Waals surface area contributed by atoms with Gasteiger partial charge < -0.3 is 10.3 Å². The van der Waals surface area contributed by atoms with Crippen molar-refractivity contribution in [2.45, 2.75) is 12.7 Å². The zero-order valence-corrected chi connectivity index (χ0v) is 15.9. The number of aromatic nitrogens is 3. The van der Waals surface area contributed by atoms with E-state index in [2.05, 4.69) is 15.4 Å². The molecule has 0 radical (unpaired) electrons. The molecule has 5 nitrogen and oxygen atoms in total. The highest BCUT2D eigenvalue weighted by molar-refractivity contribution is 6.31. The SMILES string of the molecule is O=C(Nc1c[nH]c2cc(Cl)c(F)cc12)c1cnn(Cc2ccc(C(F)(F)F)cc2)c1. The second-order valence-electron chi connectivity index (χ2n) is 6.59. The molecule has 0 aliphatic heterocycles. The van der Waals surface area contributed by atoms with E-state index in [9.17, 15) is 22.4 Å². The summed E-state index contributed by atoms with van der Waals surface area (Å²) in [5.74, 6) is -1.08. The van der Waals surface area contributed by atoms with Crippen molar-refractivity contribution in [2.24, 2.45) is 0 Å². The maximum absolute atomic E-state index is 13.7. The largest absolute Gasteiger partial charge is 0.416 e. The summed E-state index contributed by atoms with van der Waals surface area (Å²) in [5, 5.41) is 7.17. The van der Waals surface area contributed by atoms with Gasteiger partial charge in [-0.1, -0.05) is 23.7 Å². The molecule has 2 N–H and O–H groups in total. The number of fused-ring (bicyclic) bond motifs is 1. The lowest BCUT2D eigenvalue weighted by Crippen LogP contribution is -2.11. The van der Waals surface area contributed by atoms with Crippen molar-refractivity contribution >= 4 is 34.1 Å². The molecule has 0 saturated heterocycles. The molecule has 10 heteroatoms. The van der Waals surface area contributed by atoms with Crippen LogP contribution in [-0.4, -0.2) is 20.7 Å². The third kappa shape index (κ3) is 4.02. The summed E-state index contributed by atoms with van der Waals surface area (Å²) in [7, 11) is 0. The number of amides is 1. The van der Waals surface area contributed by atoms with Crippen LogP contribution >= 0.6 is 11.6 Å². The number of hydrogen-bond acceptors (Lipinski definition) is 2. The number of anilines is 1. The van der Waals surface area contributed by atoms with Crippen molar-refractivity contribution in [1.29, 1.82) is 0 Å². The van der Waals surface area contributed by atoms with Gasteiger partial charge in [-0.15, -0.1) is 0 Å². The van der Waals surface area contributed by atoms with Gasteiger partial charge >= 0.3 is 6.18 Å². The first-order valence-electron chi connectivity index (χ1n) is 8.67. The highest BCUT2D eigenvalue weighted by Gasteiger charge is 2.29. The molecule has 2 aromatic carbocycles. The van der Waals surface area contributed by atoms with Crippen molar-refractivity contribution in [3.05, 3.63) is 82.5 Å². The van der Waals surface area contributed by atoms with Crippen LogP contribution in [0.5, 0.6) is 0 Å². The fraction of sp³-hybridized carbons (Fsp3) is 0.100. The molecular weight excluding hydrogens is 424 g/mol. The summed E-state index contributed by atoms with van der Waals surface area (Å²) in [6, 6.07) is 7.34. The normalized spacial score (nSPS) is 11.8. The highest BCUT2D eigenvalue weighted by Crippen LogP contribution is 2.30. The van der Waals surface area contributed by atoms with Crippen LogP contribution in [0.2, 0.25) is 5.02 Å². The van der Waals surface area contributed by atoms with E-state index in [4.69, 9.17) is 11.6 Å². The van der Waals surface area contributed by atoms with Crippen molar-refractivity contribution in [1.82, 2.24) is 14.8 Å². The lowest BCUT2D eigenvalue weighted by atomic mass is 10.1. The summed E-state index contributed by atoms with van der Waals surface area (Å²) in [4.78, 5) is 15.4. The third-order valence-corrected chi connectivity index (χ3v) is 4.78. The van der Waals surface area contributed by atoms with Crippen LogP contribution in [0.4, 0.5) is 23.2 Å². The molecule has 0 bridgehead atoms. The van der Waals surface area contributed by atoms with Crippen LogP contribution in [0.3, 0.4) is 0 Å². The summed E-state index contributed by atoms with van der Waals surface area (Å²) >= 11 is 5.75. The van der Waals surface area contributed by atoms with Gasteiger partial charge in [0, 0.05) is 23.3 Å². The average molecular weight is 437 g/mol. The number of H-pyrrole nitrogens is 1. The van der Waals surface area contributed by atoms with Crippen LogP contribution in [0.1, 0.15) is 21.5 Å². The standard InChI is InChI=1S/C20H13ClF4N4O/c21-15-6-17-14(5-16(15)22)18(8-26-17)28-19(30)12-7-27-29(10-12)9-11-1-3-13(4-2-11)20(23,24)25/h1-8,10,26H,9H2,(H,28,30). The van der Waals surface area contributed by atoms with E-state index in [1.165, 1.54) is 47.5 Å². The van der Waals surface area contributed by atoms with E-state index in [0.717, 1.165) is 12.1 Å². The number of nitrogens with zero attached hydrogens (tertiary/aromatic N) is 2. The molecule has 0 atom stereocenters. The van der Waals surface area contributed by atoms with Gasteiger partial charge in [-0.3, -0.25) is 9.48 Å². The van der Waals surface area contributed by atoms with Crippen LogP contribution < -0.4 is 5.32 Å². The second kappa shape index (κ2) is 7.49. The highest BCUT2D eigenvalue weighted by atomic mass is 35.5. The fourth-order valence-electron chi connectivity index (χ4n) is 2.97. The molecule has 2 heterocycles. The lowest BCUT2D eigenvalue weighted by Gasteiger charge is -2.07. The summed E-state index contributed by atoms with van der Waals surface area (Å²) < 4.78 is 53.1. The molecule has 30 heavy (non-hydrogen) atoms. The minimum absolute atomic E-state index is 0.0354. The Labute approximate surface area is 172 Å². The molecule has 0 fully saturated rings. The Morgan fingerprint density at radius 3 is 2.63 bits per heavy atom. The quantitative estimate of drug-likeness (QED) is 0.416. The molecule has 0 aliphatic rings. The number of carbonyl (C=O) groups is 1. The molecule has 0 saturated carbocycles. The number of benzene rings is 2. The summed E-state index contributed by atoms with van der Waals surface area (Å²) in [6.07, 6.45) is -0.0674. The Kier molecular flexibility index (Phi) is 4.98. The molecule has 0 aliphatic carbocycles. The van der Waals surface area contributed by atoms with E-state index in [0.29, 0.717) is 22.2 Å². The van der Waals surface area contributed by atoms with Crippen molar-refractivity contribution in [2.75, 3.05) is 5.32 Å². The monoisotopic (exact) mass is 436 g/mol. The lowest BCUT2D eigenvalue weighted by molar-refractivity contribution is -0.137. The Balaban J connectivity index is 1.47. The zero-order chi connectivity index (χ0) is 21.5. The molecule has 2 aromatic heterocycles. The van der Waals surface area contributed by atoms with E-state index in [1.807, 2.05) is 0 Å². The average Bonchev–Trinajstić information content (AvgIpc) is 3.30. The van der Waals surface area contributed by atoms with Gasteiger partial charge in [0.05, 0.1) is 34.6 Å². The van der Waals surface area contributed by atoms with Gasteiger partial charge in [-0.05, 0) is 29.8 Å². The molecule has 0 spiro atoms. The fourth-order valence-corrected chi connectivity index (χ4v) is 3.13. The molecule has 0 unspecified atom stereocenters. The minimum atomic E-state index is -4.40. The third-order valence-electron chi connectivity index (χ3n) is 4.49. The summed E-state index contributed by atoms with van der Waals surface area (Å²) in [6.45, 7) is 0.197. The Bertz CT molecular complexity index is 1230. The van der Waals surface area contributed by atoms with Gasteiger partial charge in [0.15, 0.2) is 0 Å². The van der Waals surface area contributed by atoms with E-state index >= 15 is 0 Å². The smallest absolute Gasteiger partial charge is 0.359 e. The Hall–Kier alpha value is -3.33. The van der Waals surface area contributed by atoms with Crippen molar-refractivity contribution in [3.63, 3.8) is 0 Å². The second-order valence-corrected chi connectivity index (χ2v) is 7.00. The predicted molar refractivity (Wildman–Crippen MR) is 104 cm³/mol. The van der Waals surface area contributed by atoms with Gasteiger partial charge in [0.1, 0.15) is 5.82 Å². The maximum atomic E-state index is 13.7. The zero-order valence-electron chi connectivity index (χ0n) is 15.1. The van der Waals surface area contributed by atoms with E-state index in [1.54, 1.807) is 0 Å². The predicted octanol–water partition coefficient (Wildman–Crippen LogP) is 5.48. The Morgan fingerprint density at radius 1 is 1.20 bits per heavy atom. The molecule has 4 rings (SSSR count). The number of carbonyl (C=O) groups excluding carboxylic acids is 1. The number of halogens is 5. The van der Waals surface area contributed by atoms with Gasteiger partial charge in [-0.2, -0.15) is 18.3 Å². The number of alkyl halides is 3.